The molecule has 0 unspecified atom stereocenters. The van der Waals surface area contributed by atoms with Crippen LogP contribution in [0, 0.1) is 0 Å². The van der Waals surface area contributed by atoms with Gasteiger partial charge in [0.2, 0.25) is 0 Å². The van der Waals surface area contributed by atoms with Crippen molar-refractivity contribution >= 4 is 47.0 Å². The van der Waals surface area contributed by atoms with Crippen molar-refractivity contribution in [1.82, 2.24) is 0 Å². The lowest BCUT2D eigenvalue weighted by molar-refractivity contribution is 0.448. The Labute approximate surface area is 205 Å². The summed E-state index contributed by atoms with van der Waals surface area (Å²) in [4.78, 5) is 3.94. The Morgan fingerprint density at radius 1 is 0.516 bits per heavy atom. The standard InChI is InChI=1S/C25H36O2S4/c1-5-9-28-20-14-18(15-21(24(20)26)29-10-6-2)13-19-16-22(30-11-7-3)25(27)23(17-19)31-12-8-4/h14-17,26-27H,5-13H2,1-4H3. The zero-order valence-electron chi connectivity index (χ0n) is 19.2. The van der Waals surface area contributed by atoms with Gasteiger partial charge in [-0.1, -0.05) is 27.7 Å². The first-order chi connectivity index (χ1) is 15.0. The van der Waals surface area contributed by atoms with Gasteiger partial charge in [0.25, 0.3) is 0 Å². The van der Waals surface area contributed by atoms with E-state index >= 15 is 0 Å². The van der Waals surface area contributed by atoms with Crippen LogP contribution in [0.3, 0.4) is 0 Å². The van der Waals surface area contributed by atoms with Crippen molar-refractivity contribution in [2.45, 2.75) is 79.4 Å². The van der Waals surface area contributed by atoms with Crippen LogP contribution >= 0.6 is 47.0 Å². The van der Waals surface area contributed by atoms with Gasteiger partial charge in [0.15, 0.2) is 0 Å². The van der Waals surface area contributed by atoms with Crippen molar-refractivity contribution < 1.29 is 10.2 Å². The van der Waals surface area contributed by atoms with Crippen LogP contribution in [0.15, 0.2) is 43.8 Å². The lowest BCUT2D eigenvalue weighted by Crippen LogP contribution is -1.94. The van der Waals surface area contributed by atoms with E-state index in [2.05, 4.69) is 52.0 Å². The number of benzene rings is 2. The van der Waals surface area contributed by atoms with E-state index in [1.54, 1.807) is 47.0 Å². The van der Waals surface area contributed by atoms with Crippen molar-refractivity contribution in [3.8, 4) is 11.5 Å². The van der Waals surface area contributed by atoms with Gasteiger partial charge in [-0.25, -0.2) is 0 Å². The van der Waals surface area contributed by atoms with E-state index in [1.165, 1.54) is 11.1 Å². The minimum atomic E-state index is 0.435. The van der Waals surface area contributed by atoms with Crippen molar-refractivity contribution in [2.24, 2.45) is 0 Å². The second kappa shape index (κ2) is 14.6. The van der Waals surface area contributed by atoms with Gasteiger partial charge in [-0.3, -0.25) is 0 Å². The van der Waals surface area contributed by atoms with Gasteiger partial charge in [0, 0.05) is 0 Å². The van der Waals surface area contributed by atoms with Gasteiger partial charge in [-0.05, 0) is 90.5 Å². The highest BCUT2D eigenvalue weighted by Crippen LogP contribution is 2.42. The van der Waals surface area contributed by atoms with Gasteiger partial charge in [0.05, 0.1) is 19.6 Å². The number of aromatic hydroxyl groups is 2. The summed E-state index contributed by atoms with van der Waals surface area (Å²) in [5.74, 6) is 4.88. The summed E-state index contributed by atoms with van der Waals surface area (Å²) in [5, 5.41) is 21.5. The Bertz CT molecular complexity index is 698. The largest absolute Gasteiger partial charge is 0.506 e. The van der Waals surface area contributed by atoms with Gasteiger partial charge in [-0.15, -0.1) is 47.0 Å². The zero-order chi connectivity index (χ0) is 22.6. The molecule has 0 aliphatic heterocycles. The van der Waals surface area contributed by atoms with Crippen LogP contribution in [-0.2, 0) is 6.42 Å². The van der Waals surface area contributed by atoms with Gasteiger partial charge < -0.3 is 10.2 Å². The predicted octanol–water partition coefficient (Wildman–Crippen LogP) is 8.70. The summed E-state index contributed by atoms with van der Waals surface area (Å²) < 4.78 is 0. The van der Waals surface area contributed by atoms with Crippen LogP contribution in [0.4, 0.5) is 0 Å². The molecule has 0 spiro atoms. The molecule has 2 aromatic carbocycles. The summed E-state index contributed by atoms with van der Waals surface area (Å²) in [6.07, 6.45) is 5.14. The number of thioether (sulfide) groups is 4. The third kappa shape index (κ3) is 8.38. The van der Waals surface area contributed by atoms with Crippen LogP contribution < -0.4 is 0 Å². The Morgan fingerprint density at radius 3 is 1.00 bits per heavy atom. The molecule has 31 heavy (non-hydrogen) atoms. The predicted molar refractivity (Wildman–Crippen MR) is 143 cm³/mol. The third-order valence-corrected chi connectivity index (χ3v) is 9.39. The van der Waals surface area contributed by atoms with Gasteiger partial charge in [-0.2, -0.15) is 0 Å². The Kier molecular flexibility index (Phi) is 12.5. The van der Waals surface area contributed by atoms with Crippen LogP contribution in [0.2, 0.25) is 0 Å². The molecule has 0 fully saturated rings. The maximum absolute atomic E-state index is 10.8. The number of phenols is 2. The summed E-state index contributed by atoms with van der Waals surface area (Å²) in [6, 6.07) is 8.60. The maximum Gasteiger partial charge on any atom is 0.142 e. The second-order valence-electron chi connectivity index (χ2n) is 7.45. The zero-order valence-corrected chi connectivity index (χ0v) is 22.5. The monoisotopic (exact) mass is 496 g/mol. The summed E-state index contributed by atoms with van der Waals surface area (Å²) in [5.41, 5.74) is 2.44. The molecule has 0 saturated carbocycles. The van der Waals surface area contributed by atoms with E-state index < -0.39 is 0 Å². The topological polar surface area (TPSA) is 40.5 Å². The molecule has 2 N–H and O–H groups in total. The molecule has 0 aromatic heterocycles. The van der Waals surface area contributed by atoms with Gasteiger partial charge in [0.1, 0.15) is 11.5 Å². The summed E-state index contributed by atoms with van der Waals surface area (Å²) >= 11 is 6.96. The molecule has 0 saturated heterocycles. The molecule has 2 aromatic rings. The van der Waals surface area contributed by atoms with Crippen LogP contribution in [-0.4, -0.2) is 33.2 Å². The van der Waals surface area contributed by atoms with Crippen molar-refractivity contribution in [3.05, 3.63) is 35.4 Å². The van der Waals surface area contributed by atoms with E-state index in [0.717, 1.165) is 74.7 Å². The number of rotatable bonds is 14. The van der Waals surface area contributed by atoms with Gasteiger partial charge >= 0.3 is 0 Å². The molecule has 0 atom stereocenters. The van der Waals surface area contributed by atoms with Crippen LogP contribution in [0.25, 0.3) is 0 Å². The van der Waals surface area contributed by atoms with Crippen molar-refractivity contribution in [2.75, 3.05) is 23.0 Å². The smallest absolute Gasteiger partial charge is 0.142 e. The van der Waals surface area contributed by atoms with E-state index in [0.29, 0.717) is 11.5 Å². The van der Waals surface area contributed by atoms with E-state index in [1.807, 2.05) is 0 Å². The molecule has 172 valence electrons. The number of hydrogen-bond donors (Lipinski definition) is 2. The lowest BCUT2D eigenvalue weighted by Gasteiger charge is -2.15. The fourth-order valence-corrected chi connectivity index (χ4v) is 6.75. The lowest BCUT2D eigenvalue weighted by atomic mass is 10.0. The molecule has 0 radical (unpaired) electrons. The maximum atomic E-state index is 10.8. The first-order valence-electron chi connectivity index (χ1n) is 11.3. The Balaban J connectivity index is 2.39. The van der Waals surface area contributed by atoms with E-state index in [4.69, 9.17) is 0 Å². The first kappa shape index (κ1) is 26.7. The quantitative estimate of drug-likeness (QED) is 0.255. The number of hydrogen-bond acceptors (Lipinski definition) is 6. The minimum Gasteiger partial charge on any atom is -0.506 e. The van der Waals surface area contributed by atoms with Crippen molar-refractivity contribution in [3.63, 3.8) is 0 Å². The number of phenolic OH excluding ortho intramolecular Hbond substituents is 2. The highest BCUT2D eigenvalue weighted by molar-refractivity contribution is 8.00. The van der Waals surface area contributed by atoms with Crippen LogP contribution in [0.5, 0.6) is 11.5 Å². The molecule has 0 amide bonds. The van der Waals surface area contributed by atoms with E-state index in [-0.39, 0.29) is 0 Å². The fourth-order valence-electron chi connectivity index (χ4n) is 3.00. The molecule has 0 aliphatic carbocycles. The SMILES string of the molecule is CCCSc1cc(Cc2cc(SCCC)c(O)c(SCCC)c2)cc(SCCC)c1O. The minimum absolute atomic E-state index is 0.435. The average Bonchev–Trinajstić information content (AvgIpc) is 2.77. The molecule has 0 heterocycles. The van der Waals surface area contributed by atoms with Crippen LogP contribution in [0.1, 0.15) is 64.5 Å². The summed E-state index contributed by atoms with van der Waals surface area (Å²) in [7, 11) is 0. The molecule has 0 aliphatic rings. The third-order valence-electron chi connectivity index (χ3n) is 4.45. The molecule has 0 bridgehead atoms. The Morgan fingerprint density at radius 2 is 0.774 bits per heavy atom. The van der Waals surface area contributed by atoms with E-state index in [9.17, 15) is 10.2 Å². The Hall–Kier alpha value is -0.560. The molecule has 6 heteroatoms. The highest BCUT2D eigenvalue weighted by atomic mass is 32.2. The molecular formula is C25H36O2S4. The first-order valence-corrected chi connectivity index (χ1v) is 15.2. The molecule has 2 rings (SSSR count). The average molecular weight is 497 g/mol. The summed E-state index contributed by atoms with van der Waals surface area (Å²) in [6.45, 7) is 8.67. The normalized spacial score (nSPS) is 11.2. The second-order valence-corrected chi connectivity index (χ2v) is 12.0. The highest BCUT2D eigenvalue weighted by Gasteiger charge is 2.15. The molecular weight excluding hydrogens is 461 g/mol. The molecule has 2 nitrogen and oxygen atoms in total. The fraction of sp³-hybridized carbons (Fsp3) is 0.520. The van der Waals surface area contributed by atoms with Crippen molar-refractivity contribution in [1.29, 1.82) is 0 Å².